The molecule has 0 atom stereocenters. The van der Waals surface area contributed by atoms with Crippen molar-refractivity contribution in [3.8, 4) is 5.75 Å². The van der Waals surface area contributed by atoms with Crippen LogP contribution in [0.25, 0.3) is 0 Å². The van der Waals surface area contributed by atoms with Crippen LogP contribution in [0.4, 0.5) is 5.69 Å². The van der Waals surface area contributed by atoms with Crippen molar-refractivity contribution in [2.24, 2.45) is 5.10 Å². The van der Waals surface area contributed by atoms with Crippen molar-refractivity contribution in [1.82, 2.24) is 5.43 Å². The second-order valence-corrected chi connectivity index (χ2v) is 11.2. The fraction of sp³-hybridized carbons (Fsp3) is 0.103. The van der Waals surface area contributed by atoms with Crippen molar-refractivity contribution >= 4 is 51.0 Å². The molecule has 0 radical (unpaired) electrons. The van der Waals surface area contributed by atoms with Gasteiger partial charge in [-0.15, -0.1) is 0 Å². The number of hydrogen-bond donors (Lipinski definition) is 1. The molecule has 1 N–H and O–H groups in total. The summed E-state index contributed by atoms with van der Waals surface area (Å²) in [5.74, 6) is -0.0740. The molecule has 0 saturated carbocycles. The van der Waals surface area contributed by atoms with Gasteiger partial charge in [0.1, 0.15) is 18.9 Å². The second-order valence-electron chi connectivity index (χ2n) is 8.50. The molecule has 4 aromatic rings. The SMILES string of the molecule is Cc1ccc(N(CC(=O)N/N=C/c2ccccc2OCc2ccc(Cl)cc2)S(=O)(=O)c2ccccc2)cc1Cl. The minimum absolute atomic E-state index is 0.0461. The van der Waals surface area contributed by atoms with Gasteiger partial charge in [0.25, 0.3) is 15.9 Å². The minimum atomic E-state index is -4.07. The van der Waals surface area contributed by atoms with E-state index in [0.29, 0.717) is 28.0 Å². The molecule has 0 aromatic heterocycles. The van der Waals surface area contributed by atoms with Gasteiger partial charge in [0.15, 0.2) is 0 Å². The molecule has 0 fully saturated rings. The Morgan fingerprint density at radius 3 is 2.36 bits per heavy atom. The quantitative estimate of drug-likeness (QED) is 0.178. The zero-order chi connectivity index (χ0) is 27.8. The van der Waals surface area contributed by atoms with Crippen LogP contribution >= 0.6 is 23.2 Å². The molecule has 0 aliphatic heterocycles. The number of hydrazone groups is 1. The first kappa shape index (κ1) is 28.2. The number of rotatable bonds is 10. The van der Waals surface area contributed by atoms with E-state index < -0.39 is 22.5 Å². The summed E-state index contributed by atoms with van der Waals surface area (Å²) in [5, 5.41) is 5.06. The molecule has 7 nitrogen and oxygen atoms in total. The number of nitrogens with zero attached hydrogens (tertiary/aromatic N) is 2. The average molecular weight is 583 g/mol. The smallest absolute Gasteiger partial charge is 0.264 e. The molecular weight excluding hydrogens is 557 g/mol. The number of halogens is 2. The summed E-state index contributed by atoms with van der Waals surface area (Å²) in [6.45, 7) is 1.61. The summed E-state index contributed by atoms with van der Waals surface area (Å²) in [7, 11) is -4.07. The molecule has 10 heteroatoms. The second kappa shape index (κ2) is 12.8. The highest BCUT2D eigenvalue weighted by Gasteiger charge is 2.27. The molecule has 0 aliphatic carbocycles. The van der Waals surface area contributed by atoms with Gasteiger partial charge in [0.05, 0.1) is 16.8 Å². The number of para-hydroxylation sites is 1. The van der Waals surface area contributed by atoms with Crippen LogP contribution in [0.3, 0.4) is 0 Å². The molecule has 39 heavy (non-hydrogen) atoms. The summed E-state index contributed by atoms with van der Waals surface area (Å²) >= 11 is 12.2. The lowest BCUT2D eigenvalue weighted by atomic mass is 10.2. The summed E-state index contributed by atoms with van der Waals surface area (Å²) in [4.78, 5) is 12.9. The Bertz CT molecular complexity index is 1580. The van der Waals surface area contributed by atoms with E-state index in [1.807, 2.05) is 24.3 Å². The number of benzene rings is 4. The third-order valence-electron chi connectivity index (χ3n) is 5.68. The van der Waals surface area contributed by atoms with Gasteiger partial charge in [-0.2, -0.15) is 5.10 Å². The van der Waals surface area contributed by atoms with Crippen LogP contribution in [0.15, 0.2) is 107 Å². The van der Waals surface area contributed by atoms with Gasteiger partial charge in [-0.1, -0.05) is 71.7 Å². The first-order chi connectivity index (χ1) is 18.7. The average Bonchev–Trinajstić information content (AvgIpc) is 2.94. The Morgan fingerprint density at radius 1 is 0.949 bits per heavy atom. The van der Waals surface area contributed by atoms with Crippen molar-refractivity contribution in [3.05, 3.63) is 124 Å². The first-order valence-corrected chi connectivity index (χ1v) is 14.1. The molecule has 0 spiro atoms. The lowest BCUT2D eigenvalue weighted by Crippen LogP contribution is -2.39. The minimum Gasteiger partial charge on any atom is -0.488 e. The Balaban J connectivity index is 1.49. The Morgan fingerprint density at radius 2 is 1.64 bits per heavy atom. The Kier molecular flexibility index (Phi) is 9.24. The molecule has 1 amide bonds. The van der Waals surface area contributed by atoms with Crippen molar-refractivity contribution < 1.29 is 17.9 Å². The van der Waals surface area contributed by atoms with Gasteiger partial charge in [0, 0.05) is 15.6 Å². The number of sulfonamides is 1. The number of anilines is 1. The van der Waals surface area contributed by atoms with E-state index in [-0.39, 0.29) is 10.6 Å². The monoisotopic (exact) mass is 581 g/mol. The lowest BCUT2D eigenvalue weighted by molar-refractivity contribution is -0.119. The predicted octanol–water partition coefficient (Wildman–Crippen LogP) is 6.23. The molecule has 0 unspecified atom stereocenters. The normalized spacial score (nSPS) is 11.4. The number of aryl methyl sites for hydroxylation is 1. The highest BCUT2D eigenvalue weighted by Crippen LogP contribution is 2.28. The maximum atomic E-state index is 13.5. The van der Waals surface area contributed by atoms with Crippen LogP contribution in [-0.4, -0.2) is 27.1 Å². The number of amides is 1. The first-order valence-electron chi connectivity index (χ1n) is 11.9. The Hall–Kier alpha value is -3.85. The van der Waals surface area contributed by atoms with Crippen molar-refractivity contribution in [3.63, 3.8) is 0 Å². The van der Waals surface area contributed by atoms with Crippen LogP contribution in [-0.2, 0) is 21.4 Å². The molecular formula is C29H25Cl2N3O4S. The van der Waals surface area contributed by atoms with Crippen molar-refractivity contribution in [2.45, 2.75) is 18.4 Å². The Labute approximate surface area is 237 Å². The molecule has 4 aromatic carbocycles. The van der Waals surface area contributed by atoms with Crippen LogP contribution in [0.2, 0.25) is 10.0 Å². The maximum Gasteiger partial charge on any atom is 0.264 e. The molecule has 200 valence electrons. The van der Waals surface area contributed by atoms with Crippen molar-refractivity contribution in [1.29, 1.82) is 0 Å². The fourth-order valence-electron chi connectivity index (χ4n) is 3.57. The number of ether oxygens (including phenoxy) is 1. The van der Waals surface area contributed by atoms with E-state index >= 15 is 0 Å². The summed E-state index contributed by atoms with van der Waals surface area (Å²) in [6, 6.07) is 27.2. The highest BCUT2D eigenvalue weighted by molar-refractivity contribution is 7.92. The van der Waals surface area contributed by atoms with Gasteiger partial charge >= 0.3 is 0 Å². The van der Waals surface area contributed by atoms with E-state index in [1.54, 1.807) is 61.5 Å². The third kappa shape index (κ3) is 7.38. The third-order valence-corrected chi connectivity index (χ3v) is 8.13. The lowest BCUT2D eigenvalue weighted by Gasteiger charge is -2.24. The van der Waals surface area contributed by atoms with Crippen LogP contribution in [0.1, 0.15) is 16.7 Å². The topological polar surface area (TPSA) is 88.1 Å². The zero-order valence-corrected chi connectivity index (χ0v) is 23.2. The molecule has 0 saturated heterocycles. The summed E-state index contributed by atoms with van der Waals surface area (Å²) in [5.41, 5.74) is 5.02. The zero-order valence-electron chi connectivity index (χ0n) is 20.9. The molecule has 0 bridgehead atoms. The number of hydrogen-bond acceptors (Lipinski definition) is 5. The van der Waals surface area contributed by atoms with E-state index in [9.17, 15) is 13.2 Å². The van der Waals surface area contributed by atoms with Crippen LogP contribution in [0, 0.1) is 6.92 Å². The largest absolute Gasteiger partial charge is 0.488 e. The molecule has 0 aliphatic rings. The van der Waals surface area contributed by atoms with E-state index in [0.717, 1.165) is 15.4 Å². The number of carbonyl (C=O) groups is 1. The summed E-state index contributed by atoms with van der Waals surface area (Å²) < 4.78 is 33.8. The van der Waals surface area contributed by atoms with Crippen LogP contribution in [0.5, 0.6) is 5.75 Å². The van der Waals surface area contributed by atoms with Gasteiger partial charge < -0.3 is 4.74 Å². The van der Waals surface area contributed by atoms with Gasteiger partial charge in [0.2, 0.25) is 0 Å². The van der Waals surface area contributed by atoms with E-state index in [1.165, 1.54) is 24.4 Å². The number of carbonyl (C=O) groups excluding carboxylic acids is 1. The van der Waals surface area contributed by atoms with Gasteiger partial charge in [-0.25, -0.2) is 13.8 Å². The van der Waals surface area contributed by atoms with E-state index in [2.05, 4.69) is 10.5 Å². The standard InChI is InChI=1S/C29H25Cl2N3O4S/c1-21-11-16-25(17-27(21)31)34(39(36,37)26-8-3-2-4-9-26)19-29(35)33-32-18-23-7-5-6-10-28(23)38-20-22-12-14-24(30)15-13-22/h2-18H,19-20H2,1H3,(H,33,35)/b32-18+. The fourth-order valence-corrected chi connectivity index (χ4v) is 5.31. The highest BCUT2D eigenvalue weighted by atomic mass is 35.5. The van der Waals surface area contributed by atoms with E-state index in [4.69, 9.17) is 27.9 Å². The van der Waals surface area contributed by atoms with Crippen molar-refractivity contribution in [2.75, 3.05) is 10.8 Å². The molecule has 4 rings (SSSR count). The maximum absolute atomic E-state index is 13.5. The predicted molar refractivity (Wildman–Crippen MR) is 155 cm³/mol. The number of nitrogens with one attached hydrogen (secondary N) is 1. The van der Waals surface area contributed by atoms with Gasteiger partial charge in [-0.05, 0) is 66.6 Å². The molecule has 0 heterocycles. The van der Waals surface area contributed by atoms with Gasteiger partial charge in [-0.3, -0.25) is 9.10 Å². The summed E-state index contributed by atoms with van der Waals surface area (Å²) in [6.07, 6.45) is 1.44. The van der Waals surface area contributed by atoms with Crippen LogP contribution < -0.4 is 14.5 Å².